The molecule has 0 spiro atoms. The number of carbonyl (C=O) groups excluding carboxylic acids is 2. The van der Waals surface area contributed by atoms with Crippen LogP contribution in [0.15, 0.2) is 72.3 Å². The minimum absolute atomic E-state index is 0.00460. The molecule has 0 bridgehead atoms. The maximum absolute atomic E-state index is 13.5. The number of aliphatic hydroxyl groups is 1. The average molecular weight is 527 g/mol. The lowest BCUT2D eigenvalue weighted by Crippen LogP contribution is -2.29. The van der Waals surface area contributed by atoms with E-state index in [0.717, 1.165) is 37.2 Å². The first-order chi connectivity index (χ1) is 18.7. The third-order valence-corrected chi connectivity index (χ3v) is 7.25. The van der Waals surface area contributed by atoms with Crippen LogP contribution in [0.5, 0.6) is 11.5 Å². The lowest BCUT2D eigenvalue weighted by Gasteiger charge is -2.26. The number of ketones is 1. The minimum Gasteiger partial charge on any atom is -0.508 e. The number of phenols is 1. The highest BCUT2D eigenvalue weighted by Gasteiger charge is 2.47. The summed E-state index contributed by atoms with van der Waals surface area (Å²) in [5.74, 6) is -0.709. The van der Waals surface area contributed by atoms with E-state index in [1.807, 2.05) is 31.2 Å². The SMILES string of the molecule is Cc1cc(/C(O)=C2/C(=O)C(=O)N(c3ccc(N4CCCC4)cc3)C2c2cccc(O)c2)ccc1OCC(C)C. The van der Waals surface area contributed by atoms with Crippen molar-refractivity contribution in [3.05, 3.63) is 89.0 Å². The van der Waals surface area contributed by atoms with Crippen molar-refractivity contribution in [1.82, 2.24) is 0 Å². The van der Waals surface area contributed by atoms with Gasteiger partial charge in [0.05, 0.1) is 18.2 Å². The number of phenolic OH excluding ortho intramolecular Hbond substituents is 1. The Labute approximate surface area is 228 Å². The standard InChI is InChI=1S/C32H34N2O5/c1-20(2)19-39-27-14-9-23(17-21(27)3)30(36)28-29(22-7-6-8-26(35)18-22)34(32(38)31(28)37)25-12-10-24(11-13-25)33-15-4-5-16-33/h6-14,17-18,20,29,35-36H,4-5,15-16,19H2,1-3H3/b30-28-. The Morgan fingerprint density at radius 1 is 0.974 bits per heavy atom. The number of aryl methyl sites for hydroxylation is 1. The summed E-state index contributed by atoms with van der Waals surface area (Å²) in [5, 5.41) is 21.7. The van der Waals surface area contributed by atoms with Crippen molar-refractivity contribution in [3.8, 4) is 11.5 Å². The van der Waals surface area contributed by atoms with Crippen molar-refractivity contribution in [2.45, 2.75) is 39.7 Å². The number of ether oxygens (including phenoxy) is 1. The molecule has 2 saturated heterocycles. The summed E-state index contributed by atoms with van der Waals surface area (Å²) in [6.45, 7) is 8.55. The Kier molecular flexibility index (Phi) is 7.33. The number of carbonyl (C=O) groups is 2. The van der Waals surface area contributed by atoms with Crippen LogP contribution in [0.1, 0.15) is 49.4 Å². The molecule has 7 nitrogen and oxygen atoms in total. The van der Waals surface area contributed by atoms with Crippen molar-refractivity contribution < 1.29 is 24.5 Å². The van der Waals surface area contributed by atoms with E-state index in [-0.39, 0.29) is 17.1 Å². The zero-order chi connectivity index (χ0) is 27.7. The van der Waals surface area contributed by atoms with Gasteiger partial charge >= 0.3 is 0 Å². The Bertz CT molecular complexity index is 1420. The molecule has 2 aliphatic heterocycles. The van der Waals surface area contributed by atoms with Crippen LogP contribution in [0.3, 0.4) is 0 Å². The van der Waals surface area contributed by atoms with Gasteiger partial charge < -0.3 is 19.8 Å². The molecular weight excluding hydrogens is 492 g/mol. The van der Waals surface area contributed by atoms with Crippen molar-refractivity contribution in [2.75, 3.05) is 29.5 Å². The van der Waals surface area contributed by atoms with Gasteiger partial charge in [0.25, 0.3) is 11.7 Å². The summed E-state index contributed by atoms with van der Waals surface area (Å²) in [6, 6.07) is 18.3. The smallest absolute Gasteiger partial charge is 0.300 e. The molecule has 2 fully saturated rings. The fraction of sp³-hybridized carbons (Fsp3) is 0.312. The summed E-state index contributed by atoms with van der Waals surface area (Å²) < 4.78 is 5.86. The maximum atomic E-state index is 13.5. The summed E-state index contributed by atoms with van der Waals surface area (Å²) >= 11 is 0. The quantitative estimate of drug-likeness (QED) is 0.224. The van der Waals surface area contributed by atoms with Gasteiger partial charge in [0, 0.05) is 30.0 Å². The molecule has 0 radical (unpaired) electrons. The summed E-state index contributed by atoms with van der Waals surface area (Å²) in [5.41, 5.74) is 3.33. The number of aromatic hydroxyl groups is 1. The van der Waals surface area contributed by atoms with Gasteiger partial charge in [-0.15, -0.1) is 0 Å². The van der Waals surface area contributed by atoms with E-state index in [1.54, 1.807) is 30.3 Å². The topological polar surface area (TPSA) is 90.3 Å². The largest absolute Gasteiger partial charge is 0.508 e. The predicted octanol–water partition coefficient (Wildman–Crippen LogP) is 5.96. The van der Waals surface area contributed by atoms with Gasteiger partial charge in [-0.3, -0.25) is 14.5 Å². The first kappa shape index (κ1) is 26.4. The molecule has 39 heavy (non-hydrogen) atoms. The highest BCUT2D eigenvalue weighted by atomic mass is 16.5. The van der Waals surface area contributed by atoms with E-state index in [4.69, 9.17) is 4.74 Å². The minimum atomic E-state index is -0.910. The number of hydrogen-bond acceptors (Lipinski definition) is 6. The van der Waals surface area contributed by atoms with Crippen LogP contribution >= 0.6 is 0 Å². The number of aliphatic hydroxyl groups excluding tert-OH is 1. The molecule has 2 aliphatic rings. The first-order valence-corrected chi connectivity index (χ1v) is 13.4. The molecule has 5 rings (SSSR count). The molecule has 3 aromatic carbocycles. The third kappa shape index (κ3) is 5.21. The molecule has 2 heterocycles. The van der Waals surface area contributed by atoms with E-state index in [0.29, 0.717) is 35.1 Å². The van der Waals surface area contributed by atoms with Crippen LogP contribution in [0, 0.1) is 12.8 Å². The molecule has 0 saturated carbocycles. The lowest BCUT2D eigenvalue weighted by atomic mass is 9.94. The zero-order valence-electron chi connectivity index (χ0n) is 22.6. The molecule has 0 aromatic heterocycles. The van der Waals surface area contributed by atoms with Crippen molar-refractivity contribution >= 4 is 28.8 Å². The summed E-state index contributed by atoms with van der Waals surface area (Å²) in [7, 11) is 0. The molecule has 2 N–H and O–H groups in total. The molecule has 202 valence electrons. The van der Waals surface area contributed by atoms with Crippen LogP contribution in [0.4, 0.5) is 11.4 Å². The average Bonchev–Trinajstić information content (AvgIpc) is 3.55. The van der Waals surface area contributed by atoms with Crippen LogP contribution < -0.4 is 14.5 Å². The highest BCUT2D eigenvalue weighted by Crippen LogP contribution is 2.43. The zero-order valence-corrected chi connectivity index (χ0v) is 22.6. The van der Waals surface area contributed by atoms with Gasteiger partial charge in [-0.1, -0.05) is 26.0 Å². The van der Waals surface area contributed by atoms with E-state index >= 15 is 0 Å². The van der Waals surface area contributed by atoms with Crippen LogP contribution in [-0.4, -0.2) is 41.6 Å². The Morgan fingerprint density at radius 2 is 1.67 bits per heavy atom. The number of anilines is 2. The second kappa shape index (κ2) is 10.8. The van der Waals surface area contributed by atoms with E-state index in [9.17, 15) is 19.8 Å². The van der Waals surface area contributed by atoms with E-state index in [2.05, 4.69) is 18.7 Å². The second-order valence-corrected chi connectivity index (χ2v) is 10.7. The van der Waals surface area contributed by atoms with Gasteiger partial charge in [-0.05, 0) is 91.4 Å². The van der Waals surface area contributed by atoms with Crippen molar-refractivity contribution in [1.29, 1.82) is 0 Å². The van der Waals surface area contributed by atoms with Crippen LogP contribution in [0.2, 0.25) is 0 Å². The van der Waals surface area contributed by atoms with Crippen molar-refractivity contribution in [3.63, 3.8) is 0 Å². The van der Waals surface area contributed by atoms with Gasteiger partial charge in [0.2, 0.25) is 0 Å². The first-order valence-electron chi connectivity index (χ1n) is 13.4. The molecule has 1 amide bonds. The van der Waals surface area contributed by atoms with Gasteiger partial charge in [0.1, 0.15) is 17.3 Å². The normalized spacial score (nSPS) is 18.8. The number of benzene rings is 3. The van der Waals surface area contributed by atoms with E-state index < -0.39 is 17.7 Å². The molecule has 1 atom stereocenters. The Balaban J connectivity index is 1.58. The molecule has 3 aromatic rings. The molecule has 1 unspecified atom stereocenters. The highest BCUT2D eigenvalue weighted by molar-refractivity contribution is 6.51. The Hall–Kier alpha value is -4.26. The molecular formula is C32H34N2O5. The van der Waals surface area contributed by atoms with Crippen LogP contribution in [-0.2, 0) is 9.59 Å². The van der Waals surface area contributed by atoms with E-state index in [1.165, 1.54) is 17.0 Å². The number of rotatable bonds is 7. The fourth-order valence-electron chi connectivity index (χ4n) is 5.28. The van der Waals surface area contributed by atoms with Crippen molar-refractivity contribution in [2.24, 2.45) is 5.92 Å². The lowest BCUT2D eigenvalue weighted by molar-refractivity contribution is -0.132. The van der Waals surface area contributed by atoms with Gasteiger partial charge in [-0.2, -0.15) is 0 Å². The van der Waals surface area contributed by atoms with Gasteiger partial charge in [-0.25, -0.2) is 0 Å². The fourth-order valence-corrected chi connectivity index (χ4v) is 5.28. The number of amides is 1. The van der Waals surface area contributed by atoms with Gasteiger partial charge in [0.15, 0.2) is 0 Å². The summed E-state index contributed by atoms with van der Waals surface area (Å²) in [6.07, 6.45) is 2.30. The monoisotopic (exact) mass is 526 g/mol. The predicted molar refractivity (Wildman–Crippen MR) is 152 cm³/mol. The maximum Gasteiger partial charge on any atom is 0.300 e. The molecule has 0 aliphatic carbocycles. The number of hydrogen-bond donors (Lipinski definition) is 2. The number of nitrogens with zero attached hydrogens (tertiary/aromatic N) is 2. The summed E-state index contributed by atoms with van der Waals surface area (Å²) in [4.78, 5) is 30.6. The third-order valence-electron chi connectivity index (χ3n) is 7.25. The van der Waals surface area contributed by atoms with Crippen LogP contribution in [0.25, 0.3) is 5.76 Å². The molecule has 7 heteroatoms. The second-order valence-electron chi connectivity index (χ2n) is 10.7. The number of Topliss-reactive ketones (excluding diaryl/α,β-unsaturated/α-hetero) is 1. The Morgan fingerprint density at radius 3 is 2.31 bits per heavy atom.